The van der Waals surface area contributed by atoms with Gasteiger partial charge >= 0.3 is 0 Å². The SMILES string of the molecule is ON1C=CC=CC1SC1C=CC=CN1O. The first-order chi connectivity index (χ1) is 7.27. The quantitative estimate of drug-likeness (QED) is 0.750. The molecule has 2 N–H and O–H groups in total. The van der Waals surface area contributed by atoms with Crippen molar-refractivity contribution in [1.29, 1.82) is 0 Å². The van der Waals surface area contributed by atoms with Crippen LogP contribution in [0.3, 0.4) is 0 Å². The molecule has 4 nitrogen and oxygen atoms in total. The molecule has 15 heavy (non-hydrogen) atoms. The van der Waals surface area contributed by atoms with E-state index >= 15 is 0 Å². The van der Waals surface area contributed by atoms with Crippen LogP contribution in [-0.2, 0) is 0 Å². The van der Waals surface area contributed by atoms with Crippen molar-refractivity contribution in [3.05, 3.63) is 48.9 Å². The van der Waals surface area contributed by atoms with Gasteiger partial charge in [0.05, 0.1) is 0 Å². The molecule has 0 radical (unpaired) electrons. The van der Waals surface area contributed by atoms with Gasteiger partial charge in [0.15, 0.2) is 0 Å². The highest BCUT2D eigenvalue weighted by Gasteiger charge is 2.21. The third-order valence-electron chi connectivity index (χ3n) is 2.05. The largest absolute Gasteiger partial charge is 0.288 e. The number of hydroxylamine groups is 4. The van der Waals surface area contributed by atoms with Crippen molar-refractivity contribution in [2.24, 2.45) is 0 Å². The second kappa shape index (κ2) is 4.57. The molecule has 5 heteroatoms. The van der Waals surface area contributed by atoms with E-state index in [1.165, 1.54) is 11.8 Å². The van der Waals surface area contributed by atoms with Crippen LogP contribution in [0.4, 0.5) is 0 Å². The molecular weight excluding hydrogens is 212 g/mol. The second-order valence-electron chi connectivity index (χ2n) is 3.13. The van der Waals surface area contributed by atoms with E-state index in [1.807, 2.05) is 24.3 Å². The Morgan fingerprint density at radius 3 is 1.67 bits per heavy atom. The maximum Gasteiger partial charge on any atom is 0.122 e. The fraction of sp³-hybridized carbons (Fsp3) is 0.200. The monoisotopic (exact) mass is 224 g/mol. The van der Waals surface area contributed by atoms with Crippen molar-refractivity contribution in [2.45, 2.75) is 10.7 Å². The summed E-state index contributed by atoms with van der Waals surface area (Å²) in [6.45, 7) is 0. The van der Waals surface area contributed by atoms with E-state index in [0.29, 0.717) is 0 Å². The zero-order valence-electron chi connectivity index (χ0n) is 7.97. The summed E-state index contributed by atoms with van der Waals surface area (Å²) in [5.41, 5.74) is 0. The van der Waals surface area contributed by atoms with Gasteiger partial charge in [0.2, 0.25) is 0 Å². The molecule has 0 saturated heterocycles. The minimum atomic E-state index is -0.175. The van der Waals surface area contributed by atoms with E-state index in [1.54, 1.807) is 24.6 Å². The molecule has 2 aliphatic rings. The zero-order valence-corrected chi connectivity index (χ0v) is 8.79. The van der Waals surface area contributed by atoms with Crippen molar-refractivity contribution in [2.75, 3.05) is 0 Å². The van der Waals surface area contributed by atoms with Crippen LogP contribution < -0.4 is 0 Å². The molecule has 2 aliphatic heterocycles. The average Bonchev–Trinajstić information content (AvgIpc) is 2.24. The number of hydrogen-bond acceptors (Lipinski definition) is 5. The summed E-state index contributed by atoms with van der Waals surface area (Å²) in [4.78, 5) is 0. The molecule has 2 rings (SSSR count). The smallest absolute Gasteiger partial charge is 0.122 e. The van der Waals surface area contributed by atoms with E-state index in [-0.39, 0.29) is 10.7 Å². The fourth-order valence-electron chi connectivity index (χ4n) is 1.30. The molecule has 2 heterocycles. The second-order valence-corrected chi connectivity index (χ2v) is 4.37. The van der Waals surface area contributed by atoms with Crippen molar-refractivity contribution < 1.29 is 10.4 Å². The molecule has 2 atom stereocenters. The Labute approximate surface area is 92.4 Å². The van der Waals surface area contributed by atoms with E-state index in [4.69, 9.17) is 0 Å². The summed E-state index contributed by atoms with van der Waals surface area (Å²) in [6.07, 6.45) is 14.1. The molecule has 0 aliphatic carbocycles. The van der Waals surface area contributed by atoms with Crippen molar-refractivity contribution in [1.82, 2.24) is 10.1 Å². The van der Waals surface area contributed by atoms with Crippen LogP contribution in [0.15, 0.2) is 48.9 Å². The Bertz CT molecular complexity index is 306. The molecular formula is C10H12N2O2S. The van der Waals surface area contributed by atoms with Gasteiger partial charge in [0, 0.05) is 12.4 Å². The number of rotatable bonds is 2. The molecule has 2 unspecified atom stereocenters. The van der Waals surface area contributed by atoms with Gasteiger partial charge < -0.3 is 0 Å². The van der Waals surface area contributed by atoms with Crippen molar-refractivity contribution in [3.8, 4) is 0 Å². The first kappa shape index (κ1) is 10.4. The first-order valence-electron chi connectivity index (χ1n) is 4.57. The van der Waals surface area contributed by atoms with Gasteiger partial charge in [-0.2, -0.15) is 0 Å². The Morgan fingerprint density at radius 2 is 1.27 bits per heavy atom. The van der Waals surface area contributed by atoms with Gasteiger partial charge in [0.1, 0.15) is 10.7 Å². The molecule has 0 spiro atoms. The van der Waals surface area contributed by atoms with Gasteiger partial charge in [-0.25, -0.2) is 10.1 Å². The molecule has 80 valence electrons. The summed E-state index contributed by atoms with van der Waals surface area (Å²) in [5.74, 6) is 0. The summed E-state index contributed by atoms with van der Waals surface area (Å²) in [5, 5.41) is 20.9. The Morgan fingerprint density at radius 1 is 0.800 bits per heavy atom. The molecule has 0 aromatic carbocycles. The van der Waals surface area contributed by atoms with Crippen LogP contribution in [0.1, 0.15) is 0 Å². The van der Waals surface area contributed by atoms with Gasteiger partial charge in [-0.15, -0.1) is 0 Å². The lowest BCUT2D eigenvalue weighted by Crippen LogP contribution is -2.31. The molecule has 0 amide bonds. The molecule has 0 bridgehead atoms. The summed E-state index contributed by atoms with van der Waals surface area (Å²) in [6, 6.07) is 0. The van der Waals surface area contributed by atoms with E-state index in [2.05, 4.69) is 0 Å². The zero-order chi connectivity index (χ0) is 10.7. The van der Waals surface area contributed by atoms with Crippen LogP contribution in [0.25, 0.3) is 0 Å². The highest BCUT2D eigenvalue weighted by Crippen LogP contribution is 2.27. The van der Waals surface area contributed by atoms with Gasteiger partial charge in [0.25, 0.3) is 0 Å². The topological polar surface area (TPSA) is 46.9 Å². The lowest BCUT2D eigenvalue weighted by molar-refractivity contribution is -0.0496. The molecule has 0 saturated carbocycles. The van der Waals surface area contributed by atoms with E-state index in [9.17, 15) is 10.4 Å². The average molecular weight is 224 g/mol. The van der Waals surface area contributed by atoms with Gasteiger partial charge in [-0.05, 0) is 24.3 Å². The minimum absolute atomic E-state index is 0.175. The summed E-state index contributed by atoms with van der Waals surface area (Å²) >= 11 is 1.43. The van der Waals surface area contributed by atoms with Crippen LogP contribution in [0.2, 0.25) is 0 Å². The highest BCUT2D eigenvalue weighted by molar-refractivity contribution is 8.00. The minimum Gasteiger partial charge on any atom is -0.288 e. The molecule has 0 aromatic heterocycles. The third-order valence-corrected chi connectivity index (χ3v) is 3.36. The van der Waals surface area contributed by atoms with Crippen molar-refractivity contribution in [3.63, 3.8) is 0 Å². The number of hydrogen-bond donors (Lipinski definition) is 2. The number of thioether (sulfide) groups is 1. The first-order valence-corrected chi connectivity index (χ1v) is 5.51. The van der Waals surface area contributed by atoms with Gasteiger partial charge in [-0.1, -0.05) is 23.9 Å². The maximum atomic E-state index is 9.52. The maximum absolute atomic E-state index is 9.52. The summed E-state index contributed by atoms with van der Waals surface area (Å²) in [7, 11) is 0. The lowest BCUT2D eigenvalue weighted by atomic mass is 10.4. The fourth-order valence-corrected chi connectivity index (χ4v) is 2.34. The van der Waals surface area contributed by atoms with Gasteiger partial charge in [-0.3, -0.25) is 10.4 Å². The van der Waals surface area contributed by atoms with Crippen LogP contribution in [-0.4, -0.2) is 31.3 Å². The number of nitrogens with zero attached hydrogens (tertiary/aromatic N) is 2. The van der Waals surface area contributed by atoms with Crippen LogP contribution in [0, 0.1) is 0 Å². The van der Waals surface area contributed by atoms with Crippen LogP contribution in [0.5, 0.6) is 0 Å². The van der Waals surface area contributed by atoms with Crippen molar-refractivity contribution >= 4 is 11.8 Å². The predicted molar refractivity (Wildman–Crippen MR) is 59.0 cm³/mol. The normalized spacial score (nSPS) is 28.9. The predicted octanol–water partition coefficient (Wildman–Crippen LogP) is 1.92. The molecule has 0 fully saturated rings. The Balaban J connectivity index is 1.97. The number of allylic oxidation sites excluding steroid dienone is 4. The highest BCUT2D eigenvalue weighted by atomic mass is 32.2. The molecule has 0 aromatic rings. The van der Waals surface area contributed by atoms with Crippen LogP contribution >= 0.6 is 11.8 Å². The Kier molecular flexibility index (Phi) is 3.15. The van der Waals surface area contributed by atoms with E-state index < -0.39 is 0 Å². The lowest BCUT2D eigenvalue weighted by Gasteiger charge is -2.30. The standard InChI is InChI=1S/C10H12N2O2S/c13-11-7-3-1-5-9(11)15-10-6-2-4-8-12(10)14/h1-10,13-14H. The summed E-state index contributed by atoms with van der Waals surface area (Å²) < 4.78 is 0. The van der Waals surface area contributed by atoms with E-state index in [0.717, 1.165) is 10.1 Å². The third kappa shape index (κ3) is 2.44. The Hall–Kier alpha value is -1.17.